The van der Waals surface area contributed by atoms with E-state index in [-0.39, 0.29) is 35.3 Å². The number of likely N-dealkylation sites (tertiary alicyclic amines) is 1. The van der Waals surface area contributed by atoms with E-state index >= 15 is 0 Å². The van der Waals surface area contributed by atoms with Crippen LogP contribution in [0.25, 0.3) is 16.8 Å². The predicted octanol–water partition coefficient (Wildman–Crippen LogP) is 3.24. The number of amides is 5. The molecule has 5 amide bonds. The molecule has 2 saturated carbocycles. The van der Waals surface area contributed by atoms with Gasteiger partial charge in [-0.25, -0.2) is 13.2 Å². The first-order valence-corrected chi connectivity index (χ1v) is 19.8. The number of hydrogen-bond acceptors (Lipinski definition) is 9. The Morgan fingerprint density at radius 1 is 1.11 bits per heavy atom. The summed E-state index contributed by atoms with van der Waals surface area (Å²) < 4.78 is 32.6. The second-order valence-corrected chi connectivity index (χ2v) is 15.9. The lowest BCUT2D eigenvalue weighted by molar-refractivity contribution is -0.139. The Labute approximate surface area is 318 Å². The van der Waals surface area contributed by atoms with E-state index in [1.165, 1.54) is 15.9 Å². The van der Waals surface area contributed by atoms with Gasteiger partial charge in [-0.2, -0.15) is 0 Å². The number of benzene rings is 1. The summed E-state index contributed by atoms with van der Waals surface area (Å²) in [5, 5.41) is 6.03. The molecule has 1 aromatic carbocycles. The molecular formula is C38H54N6O9S. The Balaban J connectivity index is 0.00000374. The van der Waals surface area contributed by atoms with Crippen LogP contribution in [0.4, 0.5) is 4.79 Å². The van der Waals surface area contributed by atoms with Gasteiger partial charge in [0.05, 0.1) is 11.9 Å². The summed E-state index contributed by atoms with van der Waals surface area (Å²) in [6.45, 7) is 3.95. The molecule has 2 heterocycles. The van der Waals surface area contributed by atoms with E-state index < -0.39 is 63.1 Å². The molecule has 15 nitrogen and oxygen atoms in total. The molecule has 5 rings (SSSR count). The topological polar surface area (TPSA) is 204 Å². The van der Waals surface area contributed by atoms with Gasteiger partial charge in [0.15, 0.2) is 0 Å². The van der Waals surface area contributed by atoms with Gasteiger partial charge in [-0.1, -0.05) is 43.0 Å². The number of fused-ring (bicyclic) bond motifs is 1. The van der Waals surface area contributed by atoms with Crippen molar-refractivity contribution < 1.29 is 41.4 Å². The molecule has 2 aromatic rings. The van der Waals surface area contributed by atoms with E-state index in [1.807, 2.05) is 36.4 Å². The van der Waals surface area contributed by atoms with Crippen LogP contribution in [-0.2, 0) is 33.9 Å². The Morgan fingerprint density at radius 3 is 2.65 bits per heavy atom. The van der Waals surface area contributed by atoms with E-state index in [9.17, 15) is 37.2 Å². The Bertz CT molecular complexity index is 2010. The number of carbonyl (C=O) groups excluding carboxylic acids is 5. The highest BCUT2D eigenvalue weighted by molar-refractivity contribution is 7.91. The van der Waals surface area contributed by atoms with Gasteiger partial charge in [-0.05, 0) is 86.9 Å². The van der Waals surface area contributed by atoms with E-state index in [0.29, 0.717) is 63.3 Å². The number of alkyl carbamates (subject to hydrolysis) is 1. The number of aromatic amines is 1. The van der Waals surface area contributed by atoms with Gasteiger partial charge < -0.3 is 30.2 Å². The molecule has 2 aliphatic carbocycles. The van der Waals surface area contributed by atoms with Gasteiger partial charge in [0.1, 0.15) is 18.1 Å². The standard InChI is InChI=1S/C38H48N6O9S.3H2/c1-3-32(45)43(2)20-8-4-7-12-28-24-38(28,36(49)42-54(51,52)29-16-17-29)41-35(48)31-13-10-21-44(31)33(46)25-40-37(50)53-22-9-5-6-11-26-14-15-27-18-19-39-34(47)30(27)23-26;;;/h3,6-7,11-12,14-15,18-19,23,28-29,31H,1,4-5,8-10,13,16-17,20-22,24-25H2,2H3,(H,39,47)(H,40,50)(H,41,48)(H,42,49);3*1H/b11-6+,12-7-;;;/t28-,31+,38-;;;/m1.../s1. The Morgan fingerprint density at radius 2 is 1.89 bits per heavy atom. The molecule has 0 unspecified atom stereocenters. The quantitative estimate of drug-likeness (QED) is 0.0997. The van der Waals surface area contributed by atoms with Crippen molar-refractivity contribution in [2.24, 2.45) is 5.92 Å². The van der Waals surface area contributed by atoms with E-state index in [4.69, 9.17) is 4.74 Å². The number of allylic oxidation sites excluding steroid dienone is 2. The molecule has 3 fully saturated rings. The minimum Gasteiger partial charge on any atom is -0.450 e. The van der Waals surface area contributed by atoms with Crippen LogP contribution in [0.5, 0.6) is 0 Å². The molecule has 0 radical (unpaired) electrons. The van der Waals surface area contributed by atoms with Crippen LogP contribution < -0.4 is 20.9 Å². The molecular weight excluding hydrogens is 717 g/mol. The number of ether oxygens (including phenoxy) is 1. The second-order valence-electron chi connectivity index (χ2n) is 13.9. The summed E-state index contributed by atoms with van der Waals surface area (Å²) in [6, 6.07) is 6.51. The number of sulfonamides is 1. The van der Waals surface area contributed by atoms with Crippen LogP contribution in [-0.4, -0.2) is 103 Å². The van der Waals surface area contributed by atoms with E-state index in [2.05, 4.69) is 26.9 Å². The van der Waals surface area contributed by atoms with Gasteiger partial charge in [0.2, 0.25) is 27.7 Å². The van der Waals surface area contributed by atoms with Crippen LogP contribution in [0.15, 0.2) is 66.1 Å². The van der Waals surface area contributed by atoms with Crippen LogP contribution >= 0.6 is 0 Å². The van der Waals surface area contributed by atoms with Crippen molar-refractivity contribution in [2.45, 2.75) is 74.6 Å². The summed E-state index contributed by atoms with van der Waals surface area (Å²) >= 11 is 0. The summed E-state index contributed by atoms with van der Waals surface area (Å²) in [5.41, 5.74) is -0.782. The number of pyridine rings is 1. The minimum absolute atomic E-state index is 0. The minimum atomic E-state index is -3.88. The molecule has 1 aromatic heterocycles. The van der Waals surface area contributed by atoms with Crippen molar-refractivity contribution in [3.05, 3.63) is 77.3 Å². The first-order chi connectivity index (χ1) is 25.8. The monoisotopic (exact) mass is 770 g/mol. The normalized spacial score (nSPS) is 20.9. The fourth-order valence-electron chi connectivity index (χ4n) is 6.47. The fraction of sp³-hybridized carbons (Fsp3) is 0.474. The van der Waals surface area contributed by atoms with Crippen molar-refractivity contribution in [1.82, 2.24) is 30.1 Å². The molecule has 3 aliphatic rings. The molecule has 4 N–H and O–H groups in total. The molecule has 3 atom stereocenters. The van der Waals surface area contributed by atoms with Gasteiger partial charge in [0.25, 0.3) is 11.5 Å². The Kier molecular flexibility index (Phi) is 13.1. The fourth-order valence-corrected chi connectivity index (χ4v) is 7.83. The molecule has 16 heteroatoms. The maximum atomic E-state index is 13.6. The summed E-state index contributed by atoms with van der Waals surface area (Å²) in [7, 11) is -2.21. The number of aromatic nitrogens is 1. The first kappa shape index (κ1) is 39.9. The zero-order valence-electron chi connectivity index (χ0n) is 30.4. The number of carbonyl (C=O) groups is 5. The van der Waals surface area contributed by atoms with Gasteiger partial charge in [-0.15, -0.1) is 0 Å². The second kappa shape index (κ2) is 17.7. The highest BCUT2D eigenvalue weighted by Gasteiger charge is 2.61. The van der Waals surface area contributed by atoms with Crippen molar-refractivity contribution >= 4 is 56.6 Å². The van der Waals surface area contributed by atoms with Crippen molar-refractivity contribution in [2.75, 3.05) is 33.3 Å². The largest absolute Gasteiger partial charge is 0.450 e. The highest BCUT2D eigenvalue weighted by atomic mass is 32.2. The van der Waals surface area contributed by atoms with Gasteiger partial charge >= 0.3 is 6.09 Å². The lowest BCUT2D eigenvalue weighted by atomic mass is 10.1. The van der Waals surface area contributed by atoms with Crippen molar-refractivity contribution in [3.8, 4) is 0 Å². The average Bonchev–Trinajstić information content (AvgIpc) is 4.07. The number of nitrogens with one attached hydrogen (secondary N) is 4. The highest BCUT2D eigenvalue weighted by Crippen LogP contribution is 2.46. The molecule has 296 valence electrons. The number of unbranched alkanes of at least 4 members (excludes halogenated alkanes) is 2. The summed E-state index contributed by atoms with van der Waals surface area (Å²) in [6.07, 6.45) is 13.8. The maximum Gasteiger partial charge on any atom is 0.407 e. The summed E-state index contributed by atoms with van der Waals surface area (Å²) in [4.78, 5) is 81.7. The molecule has 1 saturated heterocycles. The zero-order chi connectivity index (χ0) is 38.9. The molecule has 0 bridgehead atoms. The third-order valence-electron chi connectivity index (χ3n) is 9.87. The smallest absolute Gasteiger partial charge is 0.407 e. The van der Waals surface area contributed by atoms with E-state index in [1.54, 1.807) is 25.4 Å². The van der Waals surface area contributed by atoms with Gasteiger partial charge in [0, 0.05) is 41.9 Å². The van der Waals surface area contributed by atoms with Crippen LogP contribution in [0.2, 0.25) is 0 Å². The van der Waals surface area contributed by atoms with Crippen molar-refractivity contribution in [3.63, 3.8) is 0 Å². The lowest BCUT2D eigenvalue weighted by Gasteiger charge is -2.27. The van der Waals surface area contributed by atoms with Crippen molar-refractivity contribution in [1.29, 1.82) is 0 Å². The van der Waals surface area contributed by atoms with Crippen LogP contribution in [0, 0.1) is 5.92 Å². The lowest BCUT2D eigenvalue weighted by Crippen LogP contribution is -2.57. The third-order valence-corrected chi connectivity index (χ3v) is 11.7. The van der Waals surface area contributed by atoms with Crippen LogP contribution in [0.3, 0.4) is 0 Å². The number of nitrogens with zero attached hydrogens (tertiary/aromatic N) is 2. The molecule has 1 aliphatic heterocycles. The SMILES string of the molecule is C=CC(=O)N(C)CCC/C=C\[C@@H]1C[C@]1(NC(=O)[C@@H]1CCCN1C(=O)CNC(=O)OCCC/C=C/c1ccc2cc[nH]c(=O)c2c1)C(=O)NS(=O)(=O)C1CC1.[HH].[HH].[HH]. The average molecular weight is 771 g/mol. The van der Waals surface area contributed by atoms with E-state index in [0.717, 1.165) is 10.9 Å². The van der Waals surface area contributed by atoms with Crippen LogP contribution in [0.1, 0.15) is 67.6 Å². The number of hydrogen-bond donors (Lipinski definition) is 4. The Hall–Kier alpha value is -5.25. The first-order valence-electron chi connectivity index (χ1n) is 18.2. The molecule has 54 heavy (non-hydrogen) atoms. The zero-order valence-corrected chi connectivity index (χ0v) is 31.2. The van der Waals surface area contributed by atoms with Gasteiger partial charge in [-0.3, -0.25) is 28.7 Å². The maximum absolute atomic E-state index is 13.6. The predicted molar refractivity (Wildman–Crippen MR) is 209 cm³/mol. The number of H-pyrrole nitrogens is 1. The molecule has 0 spiro atoms. The summed E-state index contributed by atoms with van der Waals surface area (Å²) in [5.74, 6) is -2.54. The third kappa shape index (κ3) is 10.2. The number of rotatable bonds is 18. The number of likely N-dealkylation sites (N-methyl/N-ethyl adjacent to an activating group) is 1.